The average molecular weight is 396 g/mol. The molecule has 0 amide bonds. The maximum absolute atomic E-state index is 13.4. The normalized spacial score (nSPS) is 23.0. The minimum Gasteiger partial charge on any atom is -0.204 e. The Hall–Kier alpha value is -2.21. The fraction of sp³-hybridized carbons (Fsp3) is 0.462. The van der Waals surface area contributed by atoms with Crippen molar-refractivity contribution in [1.29, 1.82) is 0 Å². The fourth-order valence-corrected chi connectivity index (χ4v) is 5.22. The van der Waals surface area contributed by atoms with E-state index in [1.807, 2.05) is 6.07 Å². The average Bonchev–Trinajstić information content (AvgIpc) is 2.73. The SMILES string of the molecule is CCCCC1CCC2c3ccc(C#Cc4cc(F)c(F)c(F)c4)cc3CCC2C1. The second-order valence-corrected chi connectivity index (χ2v) is 8.64. The number of unbranched alkanes of at least 4 members (excludes halogenated alkanes) is 1. The van der Waals surface area contributed by atoms with E-state index >= 15 is 0 Å². The second-order valence-electron chi connectivity index (χ2n) is 8.64. The van der Waals surface area contributed by atoms with E-state index in [2.05, 4.69) is 30.9 Å². The van der Waals surface area contributed by atoms with Gasteiger partial charge in [0.2, 0.25) is 0 Å². The van der Waals surface area contributed by atoms with E-state index in [1.54, 1.807) is 0 Å². The fourth-order valence-electron chi connectivity index (χ4n) is 5.22. The molecule has 0 nitrogen and oxygen atoms in total. The molecule has 3 atom stereocenters. The maximum atomic E-state index is 13.4. The predicted octanol–water partition coefficient (Wildman–Crippen LogP) is 7.14. The summed E-state index contributed by atoms with van der Waals surface area (Å²) in [7, 11) is 0. The lowest BCUT2D eigenvalue weighted by Crippen LogP contribution is -2.28. The highest BCUT2D eigenvalue weighted by molar-refractivity contribution is 5.47. The summed E-state index contributed by atoms with van der Waals surface area (Å²) in [5.74, 6) is 4.25. The molecule has 1 fully saturated rings. The Morgan fingerprint density at radius 3 is 2.45 bits per heavy atom. The van der Waals surface area contributed by atoms with Crippen LogP contribution in [0.25, 0.3) is 0 Å². The summed E-state index contributed by atoms with van der Waals surface area (Å²) in [6.45, 7) is 2.27. The molecule has 0 spiro atoms. The van der Waals surface area contributed by atoms with Crippen molar-refractivity contribution >= 4 is 0 Å². The largest absolute Gasteiger partial charge is 0.204 e. The maximum Gasteiger partial charge on any atom is 0.194 e. The molecule has 0 bridgehead atoms. The molecule has 0 aromatic heterocycles. The Morgan fingerprint density at radius 1 is 0.931 bits per heavy atom. The van der Waals surface area contributed by atoms with Gasteiger partial charge in [0.15, 0.2) is 17.5 Å². The first-order chi connectivity index (χ1) is 14.0. The van der Waals surface area contributed by atoms with Crippen LogP contribution in [0.5, 0.6) is 0 Å². The van der Waals surface area contributed by atoms with Crippen molar-refractivity contribution < 1.29 is 13.2 Å². The lowest BCUT2D eigenvalue weighted by Gasteiger charge is -2.40. The first-order valence-corrected chi connectivity index (χ1v) is 10.8. The van der Waals surface area contributed by atoms with Gasteiger partial charge in [-0.2, -0.15) is 0 Å². The van der Waals surface area contributed by atoms with Crippen LogP contribution < -0.4 is 0 Å². The standard InChI is InChI=1S/C26H27F3/c1-2-3-4-17-7-11-22-20(13-17)9-10-21-14-18(8-12-23(21)22)5-6-19-15-24(27)26(29)25(28)16-19/h8,12,14-17,20,22H,2-4,7,9-11,13H2,1H3. The van der Waals surface area contributed by atoms with E-state index in [4.69, 9.17) is 0 Å². The van der Waals surface area contributed by atoms with Gasteiger partial charge in [0.05, 0.1) is 0 Å². The molecule has 2 aliphatic rings. The lowest BCUT2D eigenvalue weighted by atomic mass is 9.64. The second kappa shape index (κ2) is 8.66. The molecular weight excluding hydrogens is 369 g/mol. The Kier molecular flexibility index (Phi) is 5.99. The minimum absolute atomic E-state index is 0.143. The van der Waals surface area contributed by atoms with Crippen molar-refractivity contribution in [2.45, 2.75) is 64.2 Å². The third-order valence-electron chi connectivity index (χ3n) is 6.72. The highest BCUT2D eigenvalue weighted by Gasteiger charge is 2.34. The number of benzene rings is 2. The van der Waals surface area contributed by atoms with Crippen LogP contribution in [0, 0.1) is 41.1 Å². The highest BCUT2D eigenvalue weighted by atomic mass is 19.2. The molecule has 0 heterocycles. The third-order valence-corrected chi connectivity index (χ3v) is 6.72. The molecule has 2 aromatic rings. The molecule has 4 rings (SSSR count). The number of hydrogen-bond acceptors (Lipinski definition) is 0. The van der Waals surface area contributed by atoms with Crippen LogP contribution >= 0.6 is 0 Å². The molecular formula is C26H27F3. The summed E-state index contributed by atoms with van der Waals surface area (Å²) in [6.07, 6.45) is 10.3. The molecule has 0 radical (unpaired) electrons. The topological polar surface area (TPSA) is 0 Å². The van der Waals surface area contributed by atoms with Crippen LogP contribution in [0.4, 0.5) is 13.2 Å². The van der Waals surface area contributed by atoms with Crippen molar-refractivity contribution in [1.82, 2.24) is 0 Å². The van der Waals surface area contributed by atoms with Gasteiger partial charge in [-0.05, 0) is 85.3 Å². The zero-order valence-electron chi connectivity index (χ0n) is 16.9. The van der Waals surface area contributed by atoms with Gasteiger partial charge in [0.1, 0.15) is 0 Å². The van der Waals surface area contributed by atoms with Gasteiger partial charge >= 0.3 is 0 Å². The molecule has 1 saturated carbocycles. The lowest BCUT2D eigenvalue weighted by molar-refractivity contribution is 0.200. The van der Waals surface area contributed by atoms with Crippen molar-refractivity contribution in [3.8, 4) is 11.8 Å². The van der Waals surface area contributed by atoms with Crippen LogP contribution in [0.1, 0.15) is 80.0 Å². The van der Waals surface area contributed by atoms with Crippen LogP contribution in [0.15, 0.2) is 30.3 Å². The summed E-state index contributed by atoms with van der Waals surface area (Å²) < 4.78 is 39.8. The molecule has 0 aliphatic heterocycles. The molecule has 3 heteroatoms. The van der Waals surface area contributed by atoms with Crippen molar-refractivity contribution in [2.24, 2.45) is 11.8 Å². The van der Waals surface area contributed by atoms with E-state index in [1.165, 1.54) is 56.1 Å². The minimum atomic E-state index is -1.46. The predicted molar refractivity (Wildman–Crippen MR) is 110 cm³/mol. The van der Waals surface area contributed by atoms with Gasteiger partial charge in [-0.15, -0.1) is 0 Å². The van der Waals surface area contributed by atoms with Crippen LogP contribution in [-0.4, -0.2) is 0 Å². The molecule has 2 aliphatic carbocycles. The van der Waals surface area contributed by atoms with Gasteiger partial charge in [-0.3, -0.25) is 0 Å². The van der Waals surface area contributed by atoms with Crippen LogP contribution in [0.2, 0.25) is 0 Å². The number of aryl methyl sites for hydroxylation is 1. The summed E-state index contributed by atoms with van der Waals surface area (Å²) in [6, 6.07) is 8.21. The number of halogens is 3. The van der Waals surface area contributed by atoms with Gasteiger partial charge in [-0.1, -0.05) is 44.1 Å². The highest BCUT2D eigenvalue weighted by Crippen LogP contribution is 2.47. The molecule has 29 heavy (non-hydrogen) atoms. The number of fused-ring (bicyclic) bond motifs is 3. The first kappa shape index (κ1) is 20.1. The van der Waals surface area contributed by atoms with Gasteiger partial charge in [0, 0.05) is 11.1 Å². The Bertz CT molecular complexity index is 927. The van der Waals surface area contributed by atoms with Gasteiger partial charge < -0.3 is 0 Å². The number of hydrogen-bond donors (Lipinski definition) is 0. The Labute approximate surface area is 171 Å². The smallest absolute Gasteiger partial charge is 0.194 e. The van der Waals surface area contributed by atoms with E-state index in [0.717, 1.165) is 36.0 Å². The van der Waals surface area contributed by atoms with E-state index in [-0.39, 0.29) is 5.56 Å². The molecule has 152 valence electrons. The quantitative estimate of drug-likeness (QED) is 0.382. The van der Waals surface area contributed by atoms with E-state index < -0.39 is 17.5 Å². The monoisotopic (exact) mass is 396 g/mol. The molecule has 2 aromatic carbocycles. The van der Waals surface area contributed by atoms with Gasteiger partial charge in [-0.25, -0.2) is 13.2 Å². The summed E-state index contributed by atoms with van der Waals surface area (Å²) in [5, 5.41) is 0. The first-order valence-electron chi connectivity index (χ1n) is 10.8. The molecule has 0 N–H and O–H groups in total. The van der Waals surface area contributed by atoms with Crippen molar-refractivity contribution in [3.63, 3.8) is 0 Å². The zero-order chi connectivity index (χ0) is 20.4. The summed E-state index contributed by atoms with van der Waals surface area (Å²) in [4.78, 5) is 0. The van der Waals surface area contributed by atoms with Crippen LogP contribution in [-0.2, 0) is 6.42 Å². The van der Waals surface area contributed by atoms with E-state index in [0.29, 0.717) is 5.92 Å². The summed E-state index contributed by atoms with van der Waals surface area (Å²) >= 11 is 0. The Morgan fingerprint density at radius 2 is 1.69 bits per heavy atom. The van der Waals surface area contributed by atoms with E-state index in [9.17, 15) is 13.2 Å². The van der Waals surface area contributed by atoms with Gasteiger partial charge in [0.25, 0.3) is 0 Å². The molecule has 0 saturated heterocycles. The van der Waals surface area contributed by atoms with Crippen LogP contribution in [0.3, 0.4) is 0 Å². The third kappa shape index (κ3) is 4.37. The van der Waals surface area contributed by atoms with Crippen molar-refractivity contribution in [3.05, 3.63) is 70.0 Å². The zero-order valence-corrected chi connectivity index (χ0v) is 16.9. The Balaban J connectivity index is 1.50. The molecule has 3 unspecified atom stereocenters. The summed E-state index contributed by atoms with van der Waals surface area (Å²) in [5.41, 5.74) is 3.81. The number of rotatable bonds is 3. The van der Waals surface area contributed by atoms with Crippen molar-refractivity contribution in [2.75, 3.05) is 0 Å².